The Balaban J connectivity index is 1.59. The van der Waals surface area contributed by atoms with Gasteiger partial charge in [-0.3, -0.25) is 10.1 Å². The van der Waals surface area contributed by atoms with E-state index in [2.05, 4.69) is 37.6 Å². The van der Waals surface area contributed by atoms with Gasteiger partial charge in [0.1, 0.15) is 5.82 Å². The van der Waals surface area contributed by atoms with Crippen molar-refractivity contribution >= 4 is 5.82 Å². The Labute approximate surface area is 145 Å². The van der Waals surface area contributed by atoms with Crippen molar-refractivity contribution in [2.24, 2.45) is 0 Å². The summed E-state index contributed by atoms with van der Waals surface area (Å²) >= 11 is 0. The number of aromatic amines is 1. The summed E-state index contributed by atoms with van der Waals surface area (Å²) in [6, 6.07) is 20.1. The first-order valence-electron chi connectivity index (χ1n) is 8.09. The SMILES string of the molecule is c1ccc(-c2[nH]ncc2-c2ccnc(NCc3ccccn3)c2)cc1. The van der Waals surface area contributed by atoms with Gasteiger partial charge in [-0.2, -0.15) is 5.10 Å². The lowest BCUT2D eigenvalue weighted by Gasteiger charge is -2.08. The van der Waals surface area contributed by atoms with Crippen LogP contribution in [0.1, 0.15) is 5.69 Å². The number of nitrogens with one attached hydrogen (secondary N) is 2. The molecule has 5 nitrogen and oxygen atoms in total. The van der Waals surface area contributed by atoms with Crippen molar-refractivity contribution in [2.45, 2.75) is 6.54 Å². The Bertz CT molecular complexity index is 948. The lowest BCUT2D eigenvalue weighted by Crippen LogP contribution is -2.02. The third kappa shape index (κ3) is 3.40. The van der Waals surface area contributed by atoms with E-state index >= 15 is 0 Å². The van der Waals surface area contributed by atoms with Gasteiger partial charge in [0.05, 0.1) is 24.1 Å². The van der Waals surface area contributed by atoms with Crippen LogP contribution in [0.25, 0.3) is 22.4 Å². The van der Waals surface area contributed by atoms with E-state index in [0.29, 0.717) is 6.54 Å². The molecule has 0 saturated heterocycles. The molecule has 0 saturated carbocycles. The maximum absolute atomic E-state index is 4.40. The van der Waals surface area contributed by atoms with Crippen molar-refractivity contribution in [1.82, 2.24) is 20.2 Å². The average molecular weight is 327 g/mol. The molecule has 0 aliphatic heterocycles. The molecular weight excluding hydrogens is 310 g/mol. The minimum Gasteiger partial charge on any atom is -0.364 e. The van der Waals surface area contributed by atoms with E-state index in [1.165, 1.54) is 0 Å². The molecule has 0 atom stereocenters. The fourth-order valence-electron chi connectivity index (χ4n) is 2.71. The van der Waals surface area contributed by atoms with Crippen molar-refractivity contribution in [3.05, 3.63) is 84.9 Å². The van der Waals surface area contributed by atoms with Crippen LogP contribution in [0.3, 0.4) is 0 Å². The van der Waals surface area contributed by atoms with E-state index in [4.69, 9.17) is 0 Å². The zero-order valence-corrected chi connectivity index (χ0v) is 13.6. The van der Waals surface area contributed by atoms with Crippen LogP contribution < -0.4 is 5.32 Å². The molecule has 4 aromatic rings. The van der Waals surface area contributed by atoms with E-state index < -0.39 is 0 Å². The summed E-state index contributed by atoms with van der Waals surface area (Å²) in [7, 11) is 0. The summed E-state index contributed by atoms with van der Waals surface area (Å²) in [4.78, 5) is 8.71. The molecule has 1 aromatic carbocycles. The van der Waals surface area contributed by atoms with Crippen molar-refractivity contribution in [2.75, 3.05) is 5.32 Å². The molecule has 5 heteroatoms. The topological polar surface area (TPSA) is 66.5 Å². The number of anilines is 1. The summed E-state index contributed by atoms with van der Waals surface area (Å²) in [6.45, 7) is 0.633. The molecule has 0 aliphatic rings. The third-order valence-electron chi connectivity index (χ3n) is 3.95. The van der Waals surface area contributed by atoms with Crippen LogP contribution >= 0.6 is 0 Å². The first kappa shape index (κ1) is 15.1. The zero-order valence-electron chi connectivity index (χ0n) is 13.6. The molecule has 2 N–H and O–H groups in total. The van der Waals surface area contributed by atoms with E-state index in [0.717, 1.165) is 33.9 Å². The molecule has 122 valence electrons. The number of hydrogen-bond acceptors (Lipinski definition) is 4. The monoisotopic (exact) mass is 327 g/mol. The molecule has 0 unspecified atom stereocenters. The second kappa shape index (κ2) is 6.97. The minimum absolute atomic E-state index is 0.633. The van der Waals surface area contributed by atoms with Gasteiger partial charge in [-0.25, -0.2) is 4.98 Å². The Morgan fingerprint density at radius 2 is 1.72 bits per heavy atom. The van der Waals surface area contributed by atoms with Crippen LogP contribution in [0.5, 0.6) is 0 Å². The number of hydrogen-bond donors (Lipinski definition) is 2. The predicted octanol–water partition coefficient (Wildman–Crippen LogP) is 4.15. The Hall–Kier alpha value is -3.47. The number of benzene rings is 1. The third-order valence-corrected chi connectivity index (χ3v) is 3.95. The van der Waals surface area contributed by atoms with Gasteiger partial charge in [0.2, 0.25) is 0 Å². The molecule has 3 heterocycles. The van der Waals surface area contributed by atoms with Gasteiger partial charge >= 0.3 is 0 Å². The molecule has 3 aromatic heterocycles. The molecule has 0 spiro atoms. The van der Waals surface area contributed by atoms with Crippen LogP contribution in [0.2, 0.25) is 0 Å². The van der Waals surface area contributed by atoms with E-state index in [-0.39, 0.29) is 0 Å². The summed E-state index contributed by atoms with van der Waals surface area (Å²) < 4.78 is 0. The molecule has 4 rings (SSSR count). The molecule has 25 heavy (non-hydrogen) atoms. The van der Waals surface area contributed by atoms with Gasteiger partial charge in [-0.1, -0.05) is 36.4 Å². The Kier molecular flexibility index (Phi) is 4.20. The highest BCUT2D eigenvalue weighted by Gasteiger charge is 2.10. The fraction of sp³-hybridized carbons (Fsp3) is 0.0500. The normalized spacial score (nSPS) is 10.6. The number of pyridine rings is 2. The highest BCUT2D eigenvalue weighted by molar-refractivity contribution is 5.81. The maximum Gasteiger partial charge on any atom is 0.126 e. The predicted molar refractivity (Wildman–Crippen MR) is 98.8 cm³/mol. The standard InChI is InChI=1S/C20H17N5/c1-2-6-15(7-3-1)20-18(14-24-25-20)16-9-11-22-19(12-16)23-13-17-8-4-5-10-21-17/h1-12,14H,13H2,(H,22,23)(H,24,25). The maximum atomic E-state index is 4.40. The molecule has 0 bridgehead atoms. The van der Waals surface area contributed by atoms with E-state index in [1.54, 1.807) is 12.4 Å². The highest BCUT2D eigenvalue weighted by atomic mass is 15.1. The smallest absolute Gasteiger partial charge is 0.126 e. The van der Waals surface area contributed by atoms with Gasteiger partial charge in [0.15, 0.2) is 0 Å². The van der Waals surface area contributed by atoms with Crippen molar-refractivity contribution < 1.29 is 0 Å². The summed E-state index contributed by atoms with van der Waals surface area (Å²) in [6.07, 6.45) is 5.44. The lowest BCUT2D eigenvalue weighted by molar-refractivity contribution is 1.03. The highest BCUT2D eigenvalue weighted by Crippen LogP contribution is 2.30. The second-order valence-corrected chi connectivity index (χ2v) is 5.63. The average Bonchev–Trinajstić information content (AvgIpc) is 3.18. The van der Waals surface area contributed by atoms with Gasteiger partial charge < -0.3 is 5.32 Å². The Morgan fingerprint density at radius 1 is 0.840 bits per heavy atom. The second-order valence-electron chi connectivity index (χ2n) is 5.63. The van der Waals surface area contributed by atoms with Crippen LogP contribution in [0, 0.1) is 0 Å². The van der Waals surface area contributed by atoms with E-state index in [9.17, 15) is 0 Å². The van der Waals surface area contributed by atoms with Crippen LogP contribution in [0.15, 0.2) is 79.3 Å². The quantitative estimate of drug-likeness (QED) is 0.578. The van der Waals surface area contributed by atoms with Crippen molar-refractivity contribution in [1.29, 1.82) is 0 Å². The van der Waals surface area contributed by atoms with Crippen molar-refractivity contribution in [3.8, 4) is 22.4 Å². The molecule has 0 radical (unpaired) electrons. The number of nitrogens with zero attached hydrogens (tertiary/aromatic N) is 3. The van der Waals surface area contributed by atoms with Gasteiger partial charge in [-0.15, -0.1) is 0 Å². The fourth-order valence-corrected chi connectivity index (χ4v) is 2.71. The minimum atomic E-state index is 0.633. The molecular formula is C20H17N5. The van der Waals surface area contributed by atoms with Crippen LogP contribution in [-0.2, 0) is 6.54 Å². The first-order chi connectivity index (χ1) is 12.4. The number of rotatable bonds is 5. The van der Waals surface area contributed by atoms with Crippen LogP contribution in [-0.4, -0.2) is 20.2 Å². The van der Waals surface area contributed by atoms with E-state index in [1.807, 2.05) is 54.7 Å². The summed E-state index contributed by atoms with van der Waals surface area (Å²) in [5.74, 6) is 0.809. The molecule has 0 amide bonds. The largest absolute Gasteiger partial charge is 0.364 e. The number of H-pyrrole nitrogens is 1. The Morgan fingerprint density at radius 3 is 2.56 bits per heavy atom. The van der Waals surface area contributed by atoms with Gasteiger partial charge in [0.25, 0.3) is 0 Å². The van der Waals surface area contributed by atoms with Crippen LogP contribution in [0.4, 0.5) is 5.82 Å². The summed E-state index contributed by atoms with van der Waals surface area (Å²) in [5, 5.41) is 10.6. The molecule has 0 fully saturated rings. The zero-order chi connectivity index (χ0) is 16.9. The summed E-state index contributed by atoms with van der Waals surface area (Å²) in [5.41, 5.74) is 5.20. The van der Waals surface area contributed by atoms with Gasteiger partial charge in [-0.05, 0) is 29.8 Å². The van der Waals surface area contributed by atoms with Crippen molar-refractivity contribution in [3.63, 3.8) is 0 Å². The lowest BCUT2D eigenvalue weighted by atomic mass is 10.0. The number of aromatic nitrogens is 4. The molecule has 0 aliphatic carbocycles. The first-order valence-corrected chi connectivity index (χ1v) is 8.09. The van der Waals surface area contributed by atoms with Gasteiger partial charge in [0, 0.05) is 23.5 Å².